The molecule has 0 aromatic rings. The topological polar surface area (TPSA) is 75.4 Å². The number of carbonyl (C=O) groups is 2. The Kier molecular flexibility index (Phi) is 2.65. The highest BCUT2D eigenvalue weighted by molar-refractivity contribution is 5.80. The normalized spacial score (nSPS) is 33.3. The second-order valence-corrected chi connectivity index (χ2v) is 4.42. The molecule has 0 aliphatic carbocycles. The summed E-state index contributed by atoms with van der Waals surface area (Å²) >= 11 is 0. The van der Waals surface area contributed by atoms with Crippen LogP contribution in [0.25, 0.3) is 0 Å². The molecule has 15 heavy (non-hydrogen) atoms. The molecule has 0 spiro atoms. The van der Waals surface area contributed by atoms with Gasteiger partial charge in [0.05, 0.1) is 6.04 Å². The van der Waals surface area contributed by atoms with Crippen molar-refractivity contribution in [3.05, 3.63) is 0 Å². The Labute approximate surface area is 89.0 Å². The van der Waals surface area contributed by atoms with Gasteiger partial charge in [-0.2, -0.15) is 0 Å². The quantitative estimate of drug-likeness (QED) is 0.628. The summed E-state index contributed by atoms with van der Waals surface area (Å²) in [6.45, 7) is 2.47. The van der Waals surface area contributed by atoms with Crippen molar-refractivity contribution in [2.75, 3.05) is 6.54 Å². The highest BCUT2D eigenvalue weighted by atomic mass is 16.2. The zero-order chi connectivity index (χ0) is 11.0. The summed E-state index contributed by atoms with van der Waals surface area (Å²) in [6.07, 6.45) is 2.53. The largest absolute Gasteiger partial charge is 0.368 e. The molecule has 2 amide bonds. The van der Waals surface area contributed by atoms with Crippen LogP contribution in [0.3, 0.4) is 0 Å². The van der Waals surface area contributed by atoms with Crippen molar-refractivity contribution in [1.82, 2.24) is 10.2 Å². The Hall–Kier alpha value is -1.10. The molecule has 84 valence electrons. The van der Waals surface area contributed by atoms with E-state index in [0.717, 1.165) is 12.8 Å². The summed E-state index contributed by atoms with van der Waals surface area (Å²) in [6, 6.07) is 0.208. The lowest BCUT2D eigenvalue weighted by Gasteiger charge is -2.31. The third-order valence-electron chi connectivity index (χ3n) is 3.49. The number of nitrogens with two attached hydrogens (primary N) is 1. The molecule has 0 saturated carbocycles. The van der Waals surface area contributed by atoms with Crippen LogP contribution in [0.2, 0.25) is 0 Å². The summed E-state index contributed by atoms with van der Waals surface area (Å²) < 4.78 is 0. The molecular formula is C10H17N3O2. The van der Waals surface area contributed by atoms with Gasteiger partial charge in [0, 0.05) is 25.0 Å². The van der Waals surface area contributed by atoms with E-state index < -0.39 is 0 Å². The molecule has 0 radical (unpaired) electrons. The van der Waals surface area contributed by atoms with E-state index in [0.29, 0.717) is 13.0 Å². The van der Waals surface area contributed by atoms with E-state index in [4.69, 9.17) is 5.73 Å². The van der Waals surface area contributed by atoms with Crippen LogP contribution in [0.5, 0.6) is 0 Å². The molecule has 3 unspecified atom stereocenters. The van der Waals surface area contributed by atoms with Gasteiger partial charge in [-0.05, 0) is 19.8 Å². The highest BCUT2D eigenvalue weighted by Crippen LogP contribution is 2.29. The number of rotatable bonds is 2. The van der Waals surface area contributed by atoms with Gasteiger partial charge in [0.25, 0.3) is 0 Å². The summed E-state index contributed by atoms with van der Waals surface area (Å²) in [5.41, 5.74) is 5.32. The Balaban J connectivity index is 2.17. The molecule has 2 heterocycles. The fourth-order valence-corrected chi connectivity index (χ4v) is 2.69. The maximum atomic E-state index is 11.4. The minimum atomic E-state index is -0.304. The Bertz CT molecular complexity index is 292. The Morgan fingerprint density at radius 2 is 2.20 bits per heavy atom. The van der Waals surface area contributed by atoms with Crippen LogP contribution in [0.1, 0.15) is 26.2 Å². The first kappa shape index (κ1) is 10.4. The number of amides is 2. The van der Waals surface area contributed by atoms with Crippen molar-refractivity contribution in [1.29, 1.82) is 0 Å². The first-order chi connectivity index (χ1) is 7.09. The van der Waals surface area contributed by atoms with Crippen molar-refractivity contribution in [2.24, 2.45) is 5.73 Å². The van der Waals surface area contributed by atoms with Gasteiger partial charge in [-0.25, -0.2) is 0 Å². The van der Waals surface area contributed by atoms with Gasteiger partial charge in [-0.15, -0.1) is 0 Å². The van der Waals surface area contributed by atoms with E-state index in [1.54, 1.807) is 0 Å². The second kappa shape index (κ2) is 3.81. The van der Waals surface area contributed by atoms with Crippen molar-refractivity contribution < 1.29 is 9.59 Å². The predicted octanol–water partition coefficient (Wildman–Crippen LogP) is -0.787. The molecule has 2 saturated heterocycles. The standard InChI is InChI=1S/C10H17N3O2/c1-6(10(11)15)13-7-2-3-8(13)5-12-9(14)4-7/h6-8H,2-5H2,1H3,(H2,11,15)(H,12,14). The van der Waals surface area contributed by atoms with Gasteiger partial charge >= 0.3 is 0 Å². The molecule has 2 aliphatic heterocycles. The molecule has 2 fully saturated rings. The number of hydrogen-bond acceptors (Lipinski definition) is 3. The molecule has 2 aliphatic rings. The molecule has 5 nitrogen and oxygen atoms in total. The summed E-state index contributed by atoms with van der Waals surface area (Å²) in [5, 5.41) is 2.87. The average molecular weight is 211 g/mol. The molecule has 0 aromatic heterocycles. The molecule has 5 heteroatoms. The van der Waals surface area contributed by atoms with Crippen molar-refractivity contribution in [3.8, 4) is 0 Å². The van der Waals surface area contributed by atoms with Gasteiger partial charge in [0.15, 0.2) is 0 Å². The van der Waals surface area contributed by atoms with Crippen LogP contribution in [0.4, 0.5) is 0 Å². The van der Waals surface area contributed by atoms with E-state index in [1.165, 1.54) is 0 Å². The first-order valence-electron chi connectivity index (χ1n) is 5.43. The number of nitrogens with one attached hydrogen (secondary N) is 1. The van der Waals surface area contributed by atoms with E-state index in [9.17, 15) is 9.59 Å². The lowest BCUT2D eigenvalue weighted by Crippen LogP contribution is -2.49. The Morgan fingerprint density at radius 1 is 1.53 bits per heavy atom. The molecule has 3 atom stereocenters. The summed E-state index contributed by atoms with van der Waals surface area (Å²) in [4.78, 5) is 24.7. The molecular weight excluding hydrogens is 194 g/mol. The minimum absolute atomic E-state index is 0.0869. The third-order valence-corrected chi connectivity index (χ3v) is 3.49. The van der Waals surface area contributed by atoms with Crippen LogP contribution >= 0.6 is 0 Å². The third kappa shape index (κ3) is 1.84. The molecule has 3 N–H and O–H groups in total. The van der Waals surface area contributed by atoms with E-state index >= 15 is 0 Å². The van der Waals surface area contributed by atoms with Crippen molar-refractivity contribution in [2.45, 2.75) is 44.3 Å². The number of fused-ring (bicyclic) bond motifs is 2. The number of nitrogens with zero attached hydrogens (tertiary/aromatic N) is 1. The van der Waals surface area contributed by atoms with Gasteiger partial charge in [-0.3, -0.25) is 14.5 Å². The van der Waals surface area contributed by atoms with Gasteiger partial charge in [-0.1, -0.05) is 0 Å². The zero-order valence-corrected chi connectivity index (χ0v) is 8.90. The van der Waals surface area contributed by atoms with Gasteiger partial charge < -0.3 is 11.1 Å². The average Bonchev–Trinajstić information content (AvgIpc) is 2.47. The van der Waals surface area contributed by atoms with Crippen LogP contribution < -0.4 is 11.1 Å². The van der Waals surface area contributed by atoms with E-state index in [1.807, 2.05) is 6.92 Å². The SMILES string of the molecule is CC(C(N)=O)N1C2CCC1CC(=O)NC2. The van der Waals surface area contributed by atoms with Crippen LogP contribution in [-0.4, -0.2) is 41.4 Å². The number of hydrogen-bond donors (Lipinski definition) is 2. The summed E-state index contributed by atoms with van der Waals surface area (Å²) in [5.74, 6) is -0.217. The van der Waals surface area contributed by atoms with E-state index in [2.05, 4.69) is 10.2 Å². The predicted molar refractivity (Wildman–Crippen MR) is 54.9 cm³/mol. The fraction of sp³-hybridized carbons (Fsp3) is 0.800. The zero-order valence-electron chi connectivity index (χ0n) is 8.90. The lowest BCUT2D eigenvalue weighted by molar-refractivity contribution is -0.125. The van der Waals surface area contributed by atoms with Crippen molar-refractivity contribution >= 4 is 11.8 Å². The molecule has 2 bridgehead atoms. The minimum Gasteiger partial charge on any atom is -0.368 e. The van der Waals surface area contributed by atoms with Gasteiger partial charge in [0.2, 0.25) is 11.8 Å². The maximum absolute atomic E-state index is 11.4. The number of primary amides is 1. The fourth-order valence-electron chi connectivity index (χ4n) is 2.69. The van der Waals surface area contributed by atoms with Gasteiger partial charge in [0.1, 0.15) is 0 Å². The smallest absolute Gasteiger partial charge is 0.234 e. The van der Waals surface area contributed by atoms with Crippen LogP contribution in [-0.2, 0) is 9.59 Å². The lowest BCUT2D eigenvalue weighted by atomic mass is 10.1. The van der Waals surface area contributed by atoms with Crippen molar-refractivity contribution in [3.63, 3.8) is 0 Å². The van der Waals surface area contributed by atoms with Crippen LogP contribution in [0.15, 0.2) is 0 Å². The maximum Gasteiger partial charge on any atom is 0.234 e. The summed E-state index contributed by atoms with van der Waals surface area (Å²) in [7, 11) is 0. The number of carbonyl (C=O) groups excluding carboxylic acids is 2. The molecule has 2 rings (SSSR count). The molecule has 0 aromatic carbocycles. The first-order valence-corrected chi connectivity index (χ1v) is 5.43. The Morgan fingerprint density at radius 3 is 2.87 bits per heavy atom. The second-order valence-electron chi connectivity index (χ2n) is 4.42. The highest BCUT2D eigenvalue weighted by Gasteiger charge is 2.41. The van der Waals surface area contributed by atoms with E-state index in [-0.39, 0.29) is 29.9 Å². The van der Waals surface area contributed by atoms with Crippen LogP contribution in [0, 0.1) is 0 Å². The monoisotopic (exact) mass is 211 g/mol.